The van der Waals surface area contributed by atoms with Gasteiger partial charge in [0.2, 0.25) is 0 Å². The molecule has 3 heterocycles. The van der Waals surface area contributed by atoms with Crippen molar-refractivity contribution in [2.75, 3.05) is 6.54 Å². The van der Waals surface area contributed by atoms with E-state index in [0.29, 0.717) is 5.92 Å². The van der Waals surface area contributed by atoms with E-state index < -0.39 is 0 Å². The molecule has 4 nitrogen and oxygen atoms in total. The van der Waals surface area contributed by atoms with E-state index in [1.807, 2.05) is 18.3 Å². The fourth-order valence-electron chi connectivity index (χ4n) is 3.30. The van der Waals surface area contributed by atoms with Crippen molar-refractivity contribution >= 4 is 17.3 Å². The molecular formula is C18H24N4S. The molecule has 2 atom stereocenters. The molecule has 1 aliphatic rings. The van der Waals surface area contributed by atoms with Gasteiger partial charge in [-0.2, -0.15) is 0 Å². The number of hydrogen-bond donors (Lipinski definition) is 1. The highest BCUT2D eigenvalue weighted by molar-refractivity contribution is 7.80. The summed E-state index contributed by atoms with van der Waals surface area (Å²) in [6, 6.07) is 10.6. The van der Waals surface area contributed by atoms with Crippen molar-refractivity contribution in [1.82, 2.24) is 19.8 Å². The lowest BCUT2D eigenvalue weighted by Crippen LogP contribution is -2.33. The zero-order valence-corrected chi connectivity index (χ0v) is 14.8. The van der Waals surface area contributed by atoms with Gasteiger partial charge in [0.25, 0.3) is 0 Å². The predicted molar refractivity (Wildman–Crippen MR) is 97.1 cm³/mol. The van der Waals surface area contributed by atoms with Crippen molar-refractivity contribution in [3.63, 3.8) is 0 Å². The number of nitrogens with one attached hydrogen (secondary N) is 1. The SMILES string of the molecule is CCn1cccc1[C@H]1[C@H](c2ccccn2)NC(=S)N1CC(C)C. The van der Waals surface area contributed by atoms with Gasteiger partial charge in [0.05, 0.1) is 17.8 Å². The minimum absolute atomic E-state index is 0.0858. The van der Waals surface area contributed by atoms with Crippen LogP contribution in [0.4, 0.5) is 0 Å². The fourth-order valence-corrected chi connectivity index (χ4v) is 3.62. The van der Waals surface area contributed by atoms with Gasteiger partial charge in [0.1, 0.15) is 0 Å². The monoisotopic (exact) mass is 328 g/mol. The predicted octanol–water partition coefficient (Wildman–Crippen LogP) is 3.53. The Morgan fingerprint density at radius 3 is 2.74 bits per heavy atom. The van der Waals surface area contributed by atoms with Crippen LogP contribution in [0.5, 0.6) is 0 Å². The average molecular weight is 328 g/mol. The molecule has 1 aliphatic heterocycles. The third-order valence-corrected chi connectivity index (χ3v) is 4.62. The highest BCUT2D eigenvalue weighted by atomic mass is 32.1. The average Bonchev–Trinajstić information content (AvgIpc) is 3.12. The second-order valence-corrected chi connectivity index (χ2v) is 6.78. The second kappa shape index (κ2) is 6.71. The van der Waals surface area contributed by atoms with Gasteiger partial charge in [-0.15, -0.1) is 0 Å². The molecule has 0 aromatic carbocycles. The van der Waals surface area contributed by atoms with E-state index in [2.05, 4.69) is 64.9 Å². The Kier molecular flexibility index (Phi) is 4.66. The summed E-state index contributed by atoms with van der Waals surface area (Å²) in [6.07, 6.45) is 3.99. The normalized spacial score (nSPS) is 21.0. The zero-order valence-electron chi connectivity index (χ0n) is 13.9. The largest absolute Gasteiger partial charge is 0.352 e. The van der Waals surface area contributed by atoms with Crippen molar-refractivity contribution < 1.29 is 0 Å². The van der Waals surface area contributed by atoms with Gasteiger partial charge in [-0.25, -0.2) is 0 Å². The first kappa shape index (κ1) is 16.0. The lowest BCUT2D eigenvalue weighted by molar-refractivity contribution is 0.277. The van der Waals surface area contributed by atoms with Crippen LogP contribution in [0.2, 0.25) is 0 Å². The van der Waals surface area contributed by atoms with Crippen LogP contribution in [-0.2, 0) is 6.54 Å². The molecule has 122 valence electrons. The van der Waals surface area contributed by atoms with E-state index in [4.69, 9.17) is 12.2 Å². The number of thiocarbonyl (C=S) groups is 1. The quantitative estimate of drug-likeness (QED) is 0.851. The maximum Gasteiger partial charge on any atom is 0.170 e. The zero-order chi connectivity index (χ0) is 16.4. The summed E-state index contributed by atoms with van der Waals surface area (Å²) in [7, 11) is 0. The maximum atomic E-state index is 5.64. The van der Waals surface area contributed by atoms with Gasteiger partial charge in [-0.3, -0.25) is 4.98 Å². The first-order valence-corrected chi connectivity index (χ1v) is 8.65. The van der Waals surface area contributed by atoms with Crippen molar-refractivity contribution in [3.8, 4) is 0 Å². The summed E-state index contributed by atoms with van der Waals surface area (Å²) < 4.78 is 2.30. The lowest BCUT2D eigenvalue weighted by Gasteiger charge is -2.30. The molecule has 0 amide bonds. The molecule has 0 radical (unpaired) electrons. The summed E-state index contributed by atoms with van der Waals surface area (Å²) in [4.78, 5) is 6.89. The Morgan fingerprint density at radius 1 is 1.26 bits per heavy atom. The number of nitrogens with zero attached hydrogens (tertiary/aromatic N) is 3. The Bertz CT molecular complexity index is 665. The Morgan fingerprint density at radius 2 is 2.09 bits per heavy atom. The molecule has 5 heteroatoms. The van der Waals surface area contributed by atoms with E-state index in [1.165, 1.54) is 5.69 Å². The van der Waals surface area contributed by atoms with Crippen LogP contribution in [0.1, 0.15) is 44.2 Å². The van der Waals surface area contributed by atoms with Crippen molar-refractivity contribution in [2.45, 2.75) is 39.4 Å². The topological polar surface area (TPSA) is 33.1 Å². The summed E-state index contributed by atoms with van der Waals surface area (Å²) in [6.45, 7) is 8.52. The molecular weight excluding hydrogens is 304 g/mol. The van der Waals surface area contributed by atoms with Crippen LogP contribution in [0.15, 0.2) is 42.7 Å². The summed E-state index contributed by atoms with van der Waals surface area (Å²) in [5, 5.41) is 4.32. The van der Waals surface area contributed by atoms with Crippen LogP contribution in [0.25, 0.3) is 0 Å². The maximum absolute atomic E-state index is 5.64. The molecule has 0 unspecified atom stereocenters. The number of hydrogen-bond acceptors (Lipinski definition) is 2. The highest BCUT2D eigenvalue weighted by Gasteiger charge is 2.40. The van der Waals surface area contributed by atoms with Gasteiger partial charge >= 0.3 is 0 Å². The van der Waals surface area contributed by atoms with E-state index in [1.54, 1.807) is 0 Å². The van der Waals surface area contributed by atoms with Crippen LogP contribution in [0, 0.1) is 5.92 Å². The Hall–Kier alpha value is -1.88. The van der Waals surface area contributed by atoms with Crippen LogP contribution < -0.4 is 5.32 Å². The van der Waals surface area contributed by atoms with Crippen molar-refractivity contribution in [3.05, 3.63) is 54.1 Å². The molecule has 1 fully saturated rings. The van der Waals surface area contributed by atoms with E-state index >= 15 is 0 Å². The second-order valence-electron chi connectivity index (χ2n) is 6.39. The molecule has 1 saturated heterocycles. The third-order valence-electron chi connectivity index (χ3n) is 4.27. The minimum atomic E-state index is 0.0858. The summed E-state index contributed by atoms with van der Waals surface area (Å²) in [5.41, 5.74) is 2.33. The highest BCUT2D eigenvalue weighted by Crippen LogP contribution is 2.38. The van der Waals surface area contributed by atoms with E-state index in [0.717, 1.165) is 23.9 Å². The Labute approximate surface area is 143 Å². The fraction of sp³-hybridized carbons (Fsp3) is 0.444. The molecule has 2 aromatic rings. The third kappa shape index (κ3) is 3.11. The van der Waals surface area contributed by atoms with Crippen molar-refractivity contribution in [2.24, 2.45) is 5.92 Å². The van der Waals surface area contributed by atoms with Gasteiger partial charge in [0, 0.05) is 31.2 Å². The van der Waals surface area contributed by atoms with E-state index in [-0.39, 0.29) is 12.1 Å². The molecule has 0 aliphatic carbocycles. The molecule has 23 heavy (non-hydrogen) atoms. The molecule has 0 spiro atoms. The van der Waals surface area contributed by atoms with E-state index in [9.17, 15) is 0 Å². The van der Waals surface area contributed by atoms with Crippen molar-refractivity contribution in [1.29, 1.82) is 0 Å². The van der Waals surface area contributed by atoms with Gasteiger partial charge < -0.3 is 14.8 Å². The molecule has 0 saturated carbocycles. The number of pyridine rings is 1. The molecule has 0 bridgehead atoms. The van der Waals surface area contributed by atoms with Gasteiger partial charge in [-0.05, 0) is 49.3 Å². The van der Waals surface area contributed by atoms with Crippen LogP contribution >= 0.6 is 12.2 Å². The smallest absolute Gasteiger partial charge is 0.170 e. The molecule has 3 rings (SSSR count). The lowest BCUT2D eigenvalue weighted by atomic mass is 10.0. The number of rotatable bonds is 5. The van der Waals surface area contributed by atoms with Crippen LogP contribution in [0.3, 0.4) is 0 Å². The summed E-state index contributed by atoms with van der Waals surface area (Å²) in [5.74, 6) is 0.546. The Balaban J connectivity index is 2.03. The van der Waals surface area contributed by atoms with Gasteiger partial charge in [-0.1, -0.05) is 19.9 Å². The minimum Gasteiger partial charge on any atom is -0.352 e. The number of aromatic nitrogens is 2. The molecule has 1 N–H and O–H groups in total. The first-order valence-electron chi connectivity index (χ1n) is 8.25. The van der Waals surface area contributed by atoms with Gasteiger partial charge in [0.15, 0.2) is 5.11 Å². The first-order chi connectivity index (χ1) is 11.1. The van der Waals surface area contributed by atoms with Crippen LogP contribution in [-0.4, -0.2) is 26.1 Å². The standard InChI is InChI=1S/C18H24N4S/c1-4-21-11-7-9-15(21)17-16(14-8-5-6-10-19-14)20-18(23)22(17)12-13(2)3/h5-11,13,16-17H,4,12H2,1-3H3,(H,20,23)/t16-,17-/m0/s1. The molecule has 2 aromatic heterocycles. The summed E-state index contributed by atoms with van der Waals surface area (Å²) >= 11 is 5.64. The number of aryl methyl sites for hydroxylation is 1.